The molecule has 0 unspecified atom stereocenters. The molecular weight excluding hydrogens is 214 g/mol. The molecule has 0 saturated heterocycles. The normalized spacial score (nSPS) is 11.0. The van der Waals surface area contributed by atoms with Crippen LogP contribution in [0.25, 0.3) is 11.3 Å². The number of aromatic nitrogens is 1. The molecule has 1 aromatic heterocycles. The van der Waals surface area contributed by atoms with Gasteiger partial charge in [0.2, 0.25) is 0 Å². The fraction of sp³-hybridized carbons (Fsp3) is 0.357. The predicted octanol–water partition coefficient (Wildman–Crippen LogP) is 4.50. The first-order valence-corrected chi connectivity index (χ1v) is 6.63. The molecule has 2 heteroatoms. The maximum atomic E-state index is 4.59. The van der Waals surface area contributed by atoms with Gasteiger partial charge in [-0.2, -0.15) is 0 Å². The van der Waals surface area contributed by atoms with Crippen molar-refractivity contribution in [1.29, 1.82) is 0 Å². The molecule has 0 atom stereocenters. The van der Waals surface area contributed by atoms with Gasteiger partial charge in [0, 0.05) is 10.9 Å². The molecule has 0 saturated carbocycles. The van der Waals surface area contributed by atoms with Crippen LogP contribution in [-0.4, -0.2) is 4.98 Å². The van der Waals surface area contributed by atoms with E-state index in [9.17, 15) is 0 Å². The van der Waals surface area contributed by atoms with Crippen molar-refractivity contribution in [1.82, 2.24) is 4.98 Å². The van der Waals surface area contributed by atoms with Crippen molar-refractivity contribution in [3.05, 3.63) is 40.2 Å². The second-order valence-corrected chi connectivity index (χ2v) is 5.20. The molecule has 16 heavy (non-hydrogen) atoms. The SMILES string of the molecule is CCc1nc(-c2ccc(C(C)C)cc2)cs1. The molecule has 0 aliphatic rings. The molecule has 0 spiro atoms. The Labute approximate surface area is 101 Å². The van der Waals surface area contributed by atoms with Crippen molar-refractivity contribution in [2.45, 2.75) is 33.1 Å². The lowest BCUT2D eigenvalue weighted by molar-refractivity contribution is 0.867. The van der Waals surface area contributed by atoms with Crippen molar-refractivity contribution in [3.8, 4) is 11.3 Å². The molecular formula is C14H17NS. The Hall–Kier alpha value is -1.15. The number of hydrogen-bond acceptors (Lipinski definition) is 2. The van der Waals surface area contributed by atoms with Crippen molar-refractivity contribution < 1.29 is 0 Å². The lowest BCUT2D eigenvalue weighted by Gasteiger charge is -2.05. The zero-order valence-corrected chi connectivity index (χ0v) is 10.8. The van der Waals surface area contributed by atoms with Crippen molar-refractivity contribution in [2.24, 2.45) is 0 Å². The third kappa shape index (κ3) is 2.33. The monoisotopic (exact) mass is 231 g/mol. The van der Waals surface area contributed by atoms with Gasteiger partial charge < -0.3 is 0 Å². The standard InChI is InChI=1S/C14H17NS/c1-4-14-15-13(9-16-14)12-7-5-11(6-8-12)10(2)3/h5-10H,4H2,1-3H3. The average molecular weight is 231 g/mol. The molecule has 1 heterocycles. The molecule has 0 amide bonds. The minimum absolute atomic E-state index is 0.593. The first-order valence-electron chi connectivity index (χ1n) is 5.75. The minimum atomic E-state index is 0.593. The zero-order chi connectivity index (χ0) is 11.5. The summed E-state index contributed by atoms with van der Waals surface area (Å²) < 4.78 is 0. The van der Waals surface area contributed by atoms with Crippen LogP contribution in [-0.2, 0) is 6.42 Å². The van der Waals surface area contributed by atoms with Crippen molar-refractivity contribution in [2.75, 3.05) is 0 Å². The van der Waals surface area contributed by atoms with Crippen molar-refractivity contribution in [3.63, 3.8) is 0 Å². The van der Waals surface area contributed by atoms with Crippen LogP contribution in [0.5, 0.6) is 0 Å². The van der Waals surface area contributed by atoms with E-state index in [0.717, 1.165) is 12.1 Å². The van der Waals surface area contributed by atoms with Gasteiger partial charge in [-0.15, -0.1) is 11.3 Å². The Kier molecular flexibility index (Phi) is 3.39. The zero-order valence-electron chi connectivity index (χ0n) is 10.0. The van der Waals surface area contributed by atoms with E-state index in [1.165, 1.54) is 16.1 Å². The maximum Gasteiger partial charge on any atom is 0.0929 e. The summed E-state index contributed by atoms with van der Waals surface area (Å²) in [5, 5.41) is 3.35. The number of aryl methyl sites for hydroxylation is 1. The number of hydrogen-bond donors (Lipinski definition) is 0. The fourth-order valence-electron chi connectivity index (χ4n) is 1.64. The quantitative estimate of drug-likeness (QED) is 0.758. The number of nitrogens with zero attached hydrogens (tertiary/aromatic N) is 1. The van der Waals surface area contributed by atoms with Gasteiger partial charge in [0.15, 0.2) is 0 Å². The molecule has 2 aromatic rings. The lowest BCUT2D eigenvalue weighted by Crippen LogP contribution is -1.87. The molecule has 84 valence electrons. The van der Waals surface area contributed by atoms with E-state index in [1.807, 2.05) is 0 Å². The molecule has 0 fully saturated rings. The smallest absolute Gasteiger partial charge is 0.0929 e. The Balaban J connectivity index is 2.27. The van der Waals surface area contributed by atoms with Crippen LogP contribution < -0.4 is 0 Å². The van der Waals surface area contributed by atoms with Crippen LogP contribution in [0, 0.1) is 0 Å². The molecule has 0 N–H and O–H groups in total. The largest absolute Gasteiger partial charge is 0.241 e. The van der Waals surface area contributed by atoms with Gasteiger partial charge in [-0.3, -0.25) is 0 Å². The molecule has 1 aromatic carbocycles. The Morgan fingerprint density at radius 1 is 1.19 bits per heavy atom. The van der Waals surface area contributed by atoms with Crippen LogP contribution in [0.15, 0.2) is 29.6 Å². The summed E-state index contributed by atoms with van der Waals surface area (Å²) in [5.41, 5.74) is 3.72. The first-order chi connectivity index (χ1) is 7.70. The Morgan fingerprint density at radius 3 is 2.38 bits per heavy atom. The van der Waals surface area contributed by atoms with Gasteiger partial charge in [-0.25, -0.2) is 4.98 Å². The lowest BCUT2D eigenvalue weighted by atomic mass is 10.0. The molecule has 0 radical (unpaired) electrons. The summed E-state index contributed by atoms with van der Waals surface area (Å²) >= 11 is 1.74. The highest BCUT2D eigenvalue weighted by Gasteiger charge is 2.04. The fourth-order valence-corrected chi connectivity index (χ4v) is 2.40. The van der Waals surface area contributed by atoms with E-state index >= 15 is 0 Å². The van der Waals surface area contributed by atoms with Gasteiger partial charge >= 0.3 is 0 Å². The van der Waals surface area contributed by atoms with Gasteiger partial charge in [0.05, 0.1) is 10.7 Å². The van der Waals surface area contributed by atoms with Crippen LogP contribution in [0.1, 0.15) is 37.3 Å². The van der Waals surface area contributed by atoms with E-state index in [2.05, 4.69) is 55.4 Å². The third-order valence-electron chi connectivity index (χ3n) is 2.73. The topological polar surface area (TPSA) is 12.9 Å². The summed E-state index contributed by atoms with van der Waals surface area (Å²) in [7, 11) is 0. The van der Waals surface area contributed by atoms with Gasteiger partial charge in [0.25, 0.3) is 0 Å². The van der Waals surface area contributed by atoms with Gasteiger partial charge in [-0.1, -0.05) is 45.0 Å². The van der Waals surface area contributed by atoms with Crippen LogP contribution in [0.3, 0.4) is 0 Å². The van der Waals surface area contributed by atoms with Crippen LogP contribution in [0.2, 0.25) is 0 Å². The molecule has 0 aliphatic carbocycles. The molecule has 1 nitrogen and oxygen atoms in total. The highest BCUT2D eigenvalue weighted by molar-refractivity contribution is 7.09. The number of benzene rings is 1. The highest BCUT2D eigenvalue weighted by Crippen LogP contribution is 2.24. The Bertz CT molecular complexity index is 454. The molecule has 0 aliphatic heterocycles. The van der Waals surface area contributed by atoms with E-state index in [0.29, 0.717) is 5.92 Å². The maximum absolute atomic E-state index is 4.59. The van der Waals surface area contributed by atoms with E-state index in [-0.39, 0.29) is 0 Å². The van der Waals surface area contributed by atoms with E-state index in [4.69, 9.17) is 0 Å². The second-order valence-electron chi connectivity index (χ2n) is 4.26. The van der Waals surface area contributed by atoms with Gasteiger partial charge in [-0.05, 0) is 17.9 Å². The summed E-state index contributed by atoms with van der Waals surface area (Å²) in [4.78, 5) is 4.59. The number of thiazole rings is 1. The predicted molar refractivity (Wildman–Crippen MR) is 71.0 cm³/mol. The van der Waals surface area contributed by atoms with E-state index in [1.54, 1.807) is 11.3 Å². The summed E-state index contributed by atoms with van der Waals surface area (Å²) in [5.74, 6) is 0.593. The summed E-state index contributed by atoms with van der Waals surface area (Å²) in [6.45, 7) is 6.57. The minimum Gasteiger partial charge on any atom is -0.241 e. The average Bonchev–Trinajstić information content (AvgIpc) is 2.77. The van der Waals surface area contributed by atoms with Gasteiger partial charge in [0.1, 0.15) is 0 Å². The summed E-state index contributed by atoms with van der Waals surface area (Å²) in [6, 6.07) is 8.74. The van der Waals surface area contributed by atoms with Crippen LogP contribution in [0.4, 0.5) is 0 Å². The van der Waals surface area contributed by atoms with Crippen LogP contribution >= 0.6 is 11.3 Å². The summed E-state index contributed by atoms with van der Waals surface area (Å²) in [6.07, 6.45) is 1.02. The Morgan fingerprint density at radius 2 is 1.88 bits per heavy atom. The second kappa shape index (κ2) is 4.79. The van der Waals surface area contributed by atoms with Crippen molar-refractivity contribution >= 4 is 11.3 Å². The number of rotatable bonds is 3. The molecule has 2 rings (SSSR count). The third-order valence-corrected chi connectivity index (χ3v) is 3.72. The highest BCUT2D eigenvalue weighted by atomic mass is 32.1. The van der Waals surface area contributed by atoms with E-state index < -0.39 is 0 Å². The molecule has 0 bridgehead atoms. The first kappa shape index (κ1) is 11.3.